The molecule has 6 heteroatoms. The maximum Gasteiger partial charge on any atom is 0.255 e. The number of carbonyl (C=O) groups is 2. The van der Waals surface area contributed by atoms with E-state index in [2.05, 4.69) is 15.5 Å². The quantitative estimate of drug-likeness (QED) is 0.843. The third-order valence-electron chi connectivity index (χ3n) is 6.05. The fraction of sp³-hybridized carbons (Fsp3) is 0.500. The van der Waals surface area contributed by atoms with Crippen molar-refractivity contribution in [1.29, 1.82) is 0 Å². The minimum absolute atomic E-state index is 0.144. The predicted molar refractivity (Wildman–Crippen MR) is 108 cm³/mol. The lowest BCUT2D eigenvalue weighted by Crippen LogP contribution is -2.43. The minimum atomic E-state index is -0.144. The van der Waals surface area contributed by atoms with Crippen molar-refractivity contribution in [2.45, 2.75) is 50.9 Å². The van der Waals surface area contributed by atoms with Crippen LogP contribution in [-0.2, 0) is 4.79 Å². The highest BCUT2D eigenvalue weighted by atomic mass is 16.2. The molecule has 1 aromatic carbocycles. The molecule has 6 nitrogen and oxygen atoms in total. The van der Waals surface area contributed by atoms with E-state index in [0.29, 0.717) is 23.7 Å². The maximum atomic E-state index is 12.9. The van der Waals surface area contributed by atoms with E-state index in [0.717, 1.165) is 37.9 Å². The summed E-state index contributed by atoms with van der Waals surface area (Å²) in [4.78, 5) is 27.5. The van der Waals surface area contributed by atoms with Gasteiger partial charge in [0.1, 0.15) is 0 Å². The molecule has 2 aromatic rings. The second-order valence-corrected chi connectivity index (χ2v) is 7.98. The normalized spacial score (nSPS) is 20.7. The first-order valence-corrected chi connectivity index (χ1v) is 10.4. The van der Waals surface area contributed by atoms with Crippen molar-refractivity contribution in [3.8, 4) is 0 Å². The number of H-pyrrole nitrogens is 1. The molecule has 1 aliphatic carbocycles. The van der Waals surface area contributed by atoms with Crippen molar-refractivity contribution in [3.63, 3.8) is 0 Å². The molecule has 2 amide bonds. The summed E-state index contributed by atoms with van der Waals surface area (Å²) in [6.45, 7) is 1.54. The van der Waals surface area contributed by atoms with Crippen molar-refractivity contribution >= 4 is 17.5 Å². The van der Waals surface area contributed by atoms with Crippen LogP contribution in [0.5, 0.6) is 0 Å². The van der Waals surface area contributed by atoms with Crippen LogP contribution in [0.25, 0.3) is 0 Å². The number of rotatable bonds is 4. The zero-order valence-corrected chi connectivity index (χ0v) is 16.2. The van der Waals surface area contributed by atoms with Gasteiger partial charge in [-0.1, -0.05) is 37.5 Å². The van der Waals surface area contributed by atoms with Gasteiger partial charge < -0.3 is 10.2 Å². The van der Waals surface area contributed by atoms with E-state index < -0.39 is 0 Å². The monoisotopic (exact) mass is 380 g/mol. The van der Waals surface area contributed by atoms with Crippen LogP contribution in [0.15, 0.2) is 36.5 Å². The molecule has 2 fully saturated rings. The van der Waals surface area contributed by atoms with Gasteiger partial charge in [0, 0.05) is 30.5 Å². The number of aromatic nitrogens is 2. The summed E-state index contributed by atoms with van der Waals surface area (Å²) >= 11 is 0. The minimum Gasteiger partial charge on any atom is -0.342 e. The molecule has 0 bridgehead atoms. The number of hydrogen-bond donors (Lipinski definition) is 2. The number of aromatic amines is 1. The van der Waals surface area contributed by atoms with Gasteiger partial charge in [0.15, 0.2) is 0 Å². The summed E-state index contributed by atoms with van der Waals surface area (Å²) in [5.41, 5.74) is 2.25. The molecule has 2 aliphatic rings. The summed E-state index contributed by atoms with van der Waals surface area (Å²) < 4.78 is 0. The highest BCUT2D eigenvalue weighted by Gasteiger charge is 2.31. The first-order chi connectivity index (χ1) is 13.7. The lowest BCUT2D eigenvalue weighted by Gasteiger charge is -2.35. The van der Waals surface area contributed by atoms with Gasteiger partial charge in [0.25, 0.3) is 5.91 Å². The van der Waals surface area contributed by atoms with Crippen LogP contribution in [0.2, 0.25) is 0 Å². The fourth-order valence-corrected chi connectivity index (χ4v) is 4.51. The lowest BCUT2D eigenvalue weighted by molar-refractivity contribution is -0.137. The van der Waals surface area contributed by atoms with Gasteiger partial charge in [-0.2, -0.15) is 5.10 Å². The Hall–Kier alpha value is -2.63. The van der Waals surface area contributed by atoms with Crippen molar-refractivity contribution in [2.75, 3.05) is 18.4 Å². The standard InChI is InChI=1S/C22H28N4O2/c27-21(16-8-3-1-4-9-16)24-19-14-23-25-20(19)18-12-7-13-26(15-18)22(28)17-10-5-2-6-11-17/h1,3-4,8-9,14,17-18H,2,5-7,10-13,15H2,(H,23,25)(H,24,27). The number of nitrogens with zero attached hydrogens (tertiary/aromatic N) is 2. The van der Waals surface area contributed by atoms with Crippen LogP contribution in [0.3, 0.4) is 0 Å². The van der Waals surface area contributed by atoms with Crippen molar-refractivity contribution in [3.05, 3.63) is 47.8 Å². The van der Waals surface area contributed by atoms with Gasteiger partial charge in [0.2, 0.25) is 5.91 Å². The highest BCUT2D eigenvalue weighted by molar-refractivity contribution is 6.04. The van der Waals surface area contributed by atoms with E-state index in [1.807, 2.05) is 23.1 Å². The molecule has 2 heterocycles. The van der Waals surface area contributed by atoms with Crippen LogP contribution < -0.4 is 5.32 Å². The molecule has 1 aromatic heterocycles. The molecule has 148 valence electrons. The van der Waals surface area contributed by atoms with Crippen molar-refractivity contribution < 1.29 is 9.59 Å². The van der Waals surface area contributed by atoms with Gasteiger partial charge in [-0.05, 0) is 37.8 Å². The first kappa shape index (κ1) is 18.7. The Morgan fingerprint density at radius 1 is 1.04 bits per heavy atom. The van der Waals surface area contributed by atoms with Gasteiger partial charge >= 0.3 is 0 Å². The predicted octanol–water partition coefficient (Wildman–Crippen LogP) is 3.95. The molecular formula is C22H28N4O2. The Kier molecular flexibility index (Phi) is 5.74. The Morgan fingerprint density at radius 3 is 2.61 bits per heavy atom. The van der Waals surface area contributed by atoms with E-state index in [1.54, 1.807) is 18.3 Å². The number of amides is 2. The number of benzene rings is 1. The van der Waals surface area contributed by atoms with Crippen molar-refractivity contribution in [1.82, 2.24) is 15.1 Å². The zero-order chi connectivity index (χ0) is 19.3. The molecule has 28 heavy (non-hydrogen) atoms. The molecule has 1 aliphatic heterocycles. The summed E-state index contributed by atoms with van der Waals surface area (Å²) in [7, 11) is 0. The SMILES string of the molecule is O=C(Nc1cn[nH]c1C1CCCN(C(=O)C2CCCCC2)C1)c1ccccc1. The molecule has 1 saturated heterocycles. The molecule has 1 unspecified atom stereocenters. The third-order valence-corrected chi connectivity index (χ3v) is 6.05. The average Bonchev–Trinajstić information content (AvgIpc) is 3.22. The largest absolute Gasteiger partial charge is 0.342 e. The van der Waals surface area contributed by atoms with Gasteiger partial charge in [-0.25, -0.2) is 0 Å². The maximum absolute atomic E-state index is 12.9. The van der Waals surface area contributed by atoms with Gasteiger partial charge in [-0.3, -0.25) is 14.7 Å². The number of anilines is 1. The van der Waals surface area contributed by atoms with E-state index in [1.165, 1.54) is 19.3 Å². The second kappa shape index (κ2) is 8.59. The summed E-state index contributed by atoms with van der Waals surface area (Å²) in [5, 5.41) is 10.2. The molecule has 0 radical (unpaired) electrons. The Balaban J connectivity index is 1.43. The Labute approximate surface area is 165 Å². The molecule has 1 atom stereocenters. The topological polar surface area (TPSA) is 78.1 Å². The van der Waals surface area contributed by atoms with Crippen LogP contribution in [-0.4, -0.2) is 40.0 Å². The van der Waals surface area contributed by atoms with Crippen LogP contribution in [0, 0.1) is 5.92 Å². The summed E-state index contributed by atoms with van der Waals surface area (Å²) in [6, 6.07) is 9.17. The number of nitrogens with one attached hydrogen (secondary N) is 2. The Morgan fingerprint density at radius 2 is 1.82 bits per heavy atom. The van der Waals surface area contributed by atoms with E-state index >= 15 is 0 Å². The highest BCUT2D eigenvalue weighted by Crippen LogP contribution is 2.33. The average molecular weight is 380 g/mol. The molecule has 1 saturated carbocycles. The molecule has 4 rings (SSSR count). The number of piperidine rings is 1. The van der Waals surface area contributed by atoms with Crippen LogP contribution in [0.4, 0.5) is 5.69 Å². The van der Waals surface area contributed by atoms with Crippen LogP contribution >= 0.6 is 0 Å². The molecule has 0 spiro atoms. The van der Waals surface area contributed by atoms with Crippen molar-refractivity contribution in [2.24, 2.45) is 5.92 Å². The molecule has 2 N–H and O–H groups in total. The summed E-state index contributed by atoms with van der Waals surface area (Å²) in [5.74, 6) is 0.550. The first-order valence-electron chi connectivity index (χ1n) is 10.4. The number of carbonyl (C=O) groups excluding carboxylic acids is 2. The van der Waals surface area contributed by atoms with E-state index in [4.69, 9.17) is 0 Å². The smallest absolute Gasteiger partial charge is 0.255 e. The number of hydrogen-bond acceptors (Lipinski definition) is 3. The van der Waals surface area contributed by atoms with Gasteiger partial charge in [-0.15, -0.1) is 0 Å². The van der Waals surface area contributed by atoms with Crippen LogP contribution in [0.1, 0.15) is 66.9 Å². The fourth-order valence-electron chi connectivity index (χ4n) is 4.51. The lowest BCUT2D eigenvalue weighted by atomic mass is 9.86. The second-order valence-electron chi connectivity index (χ2n) is 7.98. The third kappa shape index (κ3) is 4.11. The summed E-state index contributed by atoms with van der Waals surface area (Å²) in [6.07, 6.45) is 9.29. The molecular weight excluding hydrogens is 352 g/mol. The Bertz CT molecular complexity index is 811. The zero-order valence-electron chi connectivity index (χ0n) is 16.2. The van der Waals surface area contributed by atoms with Gasteiger partial charge in [0.05, 0.1) is 17.6 Å². The van der Waals surface area contributed by atoms with E-state index in [9.17, 15) is 9.59 Å². The number of likely N-dealkylation sites (tertiary alicyclic amines) is 1. The van der Waals surface area contributed by atoms with E-state index in [-0.39, 0.29) is 17.7 Å².